The SMILES string of the molecule is CCCN(Cc1ccccc1)C(=O)CCCNC(=O)C(C)(C)C. The minimum absolute atomic E-state index is 0.0275. The second kappa shape index (κ2) is 9.33. The fraction of sp³-hybridized carbons (Fsp3) is 0.579. The van der Waals surface area contributed by atoms with Crippen molar-refractivity contribution in [1.29, 1.82) is 0 Å². The average molecular weight is 318 g/mol. The van der Waals surface area contributed by atoms with Crippen LogP contribution in [-0.4, -0.2) is 29.8 Å². The van der Waals surface area contributed by atoms with Gasteiger partial charge in [0.15, 0.2) is 0 Å². The first kappa shape index (κ1) is 19.2. The lowest BCUT2D eigenvalue weighted by atomic mass is 9.96. The van der Waals surface area contributed by atoms with Crippen LogP contribution in [0.15, 0.2) is 30.3 Å². The lowest BCUT2D eigenvalue weighted by Gasteiger charge is -2.23. The van der Waals surface area contributed by atoms with Gasteiger partial charge in [0.25, 0.3) is 0 Å². The molecule has 1 N–H and O–H groups in total. The topological polar surface area (TPSA) is 49.4 Å². The molecule has 0 fully saturated rings. The van der Waals surface area contributed by atoms with Gasteiger partial charge in [0, 0.05) is 31.5 Å². The Labute approximate surface area is 140 Å². The fourth-order valence-corrected chi connectivity index (χ4v) is 2.23. The number of nitrogens with zero attached hydrogens (tertiary/aromatic N) is 1. The Kier molecular flexibility index (Phi) is 7.79. The van der Waals surface area contributed by atoms with Gasteiger partial charge in [0.05, 0.1) is 0 Å². The maximum absolute atomic E-state index is 12.4. The number of benzene rings is 1. The van der Waals surface area contributed by atoms with Crippen LogP contribution in [0.5, 0.6) is 0 Å². The number of hydrogen-bond acceptors (Lipinski definition) is 2. The predicted octanol–water partition coefficient (Wildman–Crippen LogP) is 3.37. The standard InChI is InChI=1S/C19H30N2O2/c1-5-14-21(15-16-10-7-6-8-11-16)17(22)12-9-13-20-18(23)19(2,3)4/h6-8,10-11H,5,9,12-15H2,1-4H3,(H,20,23). The van der Waals surface area contributed by atoms with Gasteiger partial charge >= 0.3 is 0 Å². The van der Waals surface area contributed by atoms with Crippen LogP contribution in [0, 0.1) is 5.41 Å². The van der Waals surface area contributed by atoms with Crippen LogP contribution in [0.2, 0.25) is 0 Å². The molecule has 0 aliphatic rings. The Hall–Kier alpha value is -1.84. The number of amides is 2. The quantitative estimate of drug-likeness (QED) is 0.747. The molecular weight excluding hydrogens is 288 g/mol. The van der Waals surface area contributed by atoms with Crippen LogP contribution in [-0.2, 0) is 16.1 Å². The zero-order valence-corrected chi connectivity index (χ0v) is 14.9. The maximum atomic E-state index is 12.4. The van der Waals surface area contributed by atoms with E-state index in [9.17, 15) is 9.59 Å². The van der Waals surface area contributed by atoms with Crippen LogP contribution in [0.4, 0.5) is 0 Å². The van der Waals surface area contributed by atoms with Gasteiger partial charge in [-0.3, -0.25) is 9.59 Å². The van der Waals surface area contributed by atoms with Crippen molar-refractivity contribution in [2.75, 3.05) is 13.1 Å². The van der Waals surface area contributed by atoms with E-state index in [1.165, 1.54) is 0 Å². The molecule has 2 amide bonds. The summed E-state index contributed by atoms with van der Waals surface area (Å²) in [6, 6.07) is 10.0. The Morgan fingerprint density at radius 3 is 2.35 bits per heavy atom. The minimum atomic E-state index is -0.383. The minimum Gasteiger partial charge on any atom is -0.356 e. The molecule has 0 saturated carbocycles. The summed E-state index contributed by atoms with van der Waals surface area (Å²) in [6.45, 7) is 9.70. The first-order chi connectivity index (χ1) is 10.8. The Balaban J connectivity index is 2.41. The van der Waals surface area contributed by atoms with E-state index >= 15 is 0 Å². The number of hydrogen-bond donors (Lipinski definition) is 1. The van der Waals surface area contributed by atoms with E-state index in [2.05, 4.69) is 12.2 Å². The Morgan fingerprint density at radius 1 is 1.13 bits per heavy atom. The van der Waals surface area contributed by atoms with E-state index in [-0.39, 0.29) is 17.2 Å². The number of nitrogens with one attached hydrogen (secondary N) is 1. The Bertz CT molecular complexity index is 492. The van der Waals surface area contributed by atoms with Crippen molar-refractivity contribution in [2.45, 2.75) is 53.5 Å². The molecule has 0 bridgehead atoms. The molecule has 23 heavy (non-hydrogen) atoms. The van der Waals surface area contributed by atoms with E-state index in [0.717, 1.165) is 18.5 Å². The summed E-state index contributed by atoms with van der Waals surface area (Å²) in [5, 5.41) is 2.89. The molecule has 4 heteroatoms. The fourth-order valence-electron chi connectivity index (χ4n) is 2.23. The van der Waals surface area contributed by atoms with Gasteiger partial charge < -0.3 is 10.2 Å². The van der Waals surface area contributed by atoms with Crippen LogP contribution < -0.4 is 5.32 Å². The Morgan fingerprint density at radius 2 is 1.78 bits per heavy atom. The van der Waals surface area contributed by atoms with Gasteiger partial charge in [-0.25, -0.2) is 0 Å². The van der Waals surface area contributed by atoms with Gasteiger partial charge in [0.2, 0.25) is 11.8 Å². The number of carbonyl (C=O) groups is 2. The van der Waals surface area contributed by atoms with E-state index in [1.807, 2.05) is 56.0 Å². The third-order valence-corrected chi connectivity index (χ3v) is 3.60. The third-order valence-electron chi connectivity index (χ3n) is 3.60. The molecule has 1 aromatic rings. The first-order valence-electron chi connectivity index (χ1n) is 8.44. The molecular formula is C19H30N2O2. The summed E-state index contributed by atoms with van der Waals surface area (Å²) in [5.74, 6) is 0.181. The molecule has 0 saturated heterocycles. The average Bonchev–Trinajstić information content (AvgIpc) is 2.50. The zero-order chi connectivity index (χ0) is 17.3. The zero-order valence-electron chi connectivity index (χ0n) is 14.9. The van der Waals surface area contributed by atoms with E-state index in [0.29, 0.717) is 25.9 Å². The molecule has 0 aromatic heterocycles. The molecule has 1 aromatic carbocycles. The lowest BCUT2D eigenvalue weighted by Crippen LogP contribution is -2.36. The molecule has 4 nitrogen and oxygen atoms in total. The summed E-state index contributed by atoms with van der Waals surface area (Å²) in [7, 11) is 0. The van der Waals surface area contributed by atoms with Crippen molar-refractivity contribution in [3.8, 4) is 0 Å². The van der Waals surface area contributed by atoms with Crippen molar-refractivity contribution in [3.05, 3.63) is 35.9 Å². The first-order valence-corrected chi connectivity index (χ1v) is 8.44. The highest BCUT2D eigenvalue weighted by molar-refractivity contribution is 5.81. The molecule has 1 rings (SSSR count). The molecule has 0 heterocycles. The van der Waals surface area contributed by atoms with Crippen molar-refractivity contribution in [1.82, 2.24) is 10.2 Å². The van der Waals surface area contributed by atoms with Crippen molar-refractivity contribution >= 4 is 11.8 Å². The van der Waals surface area contributed by atoms with Crippen molar-refractivity contribution in [3.63, 3.8) is 0 Å². The lowest BCUT2D eigenvalue weighted by molar-refractivity contribution is -0.132. The van der Waals surface area contributed by atoms with Crippen LogP contribution in [0.1, 0.15) is 52.5 Å². The van der Waals surface area contributed by atoms with E-state index < -0.39 is 0 Å². The predicted molar refractivity (Wildman–Crippen MR) is 93.8 cm³/mol. The molecule has 0 aliphatic carbocycles. The van der Waals surface area contributed by atoms with Gasteiger partial charge in [0.1, 0.15) is 0 Å². The molecule has 0 unspecified atom stereocenters. The smallest absolute Gasteiger partial charge is 0.225 e. The van der Waals surface area contributed by atoms with Gasteiger partial charge in [-0.15, -0.1) is 0 Å². The van der Waals surface area contributed by atoms with Crippen LogP contribution >= 0.6 is 0 Å². The summed E-state index contributed by atoms with van der Waals surface area (Å²) in [5.41, 5.74) is 0.765. The second-order valence-electron chi connectivity index (χ2n) is 6.91. The van der Waals surface area contributed by atoms with Crippen molar-refractivity contribution in [2.24, 2.45) is 5.41 Å². The normalized spacial score (nSPS) is 11.1. The number of rotatable bonds is 8. The maximum Gasteiger partial charge on any atom is 0.225 e. The third kappa shape index (κ3) is 7.31. The second-order valence-corrected chi connectivity index (χ2v) is 6.91. The molecule has 128 valence electrons. The van der Waals surface area contributed by atoms with Gasteiger partial charge in [-0.05, 0) is 18.4 Å². The summed E-state index contributed by atoms with van der Waals surface area (Å²) >= 11 is 0. The molecule has 0 atom stereocenters. The van der Waals surface area contributed by atoms with Gasteiger partial charge in [-0.1, -0.05) is 58.0 Å². The molecule has 0 spiro atoms. The van der Waals surface area contributed by atoms with Crippen molar-refractivity contribution < 1.29 is 9.59 Å². The largest absolute Gasteiger partial charge is 0.356 e. The van der Waals surface area contributed by atoms with Crippen LogP contribution in [0.25, 0.3) is 0 Å². The highest BCUT2D eigenvalue weighted by Crippen LogP contribution is 2.12. The van der Waals surface area contributed by atoms with E-state index in [4.69, 9.17) is 0 Å². The summed E-state index contributed by atoms with van der Waals surface area (Å²) in [6.07, 6.45) is 2.09. The summed E-state index contributed by atoms with van der Waals surface area (Å²) in [4.78, 5) is 26.1. The molecule has 0 radical (unpaired) electrons. The van der Waals surface area contributed by atoms with E-state index in [1.54, 1.807) is 0 Å². The highest BCUT2D eigenvalue weighted by atomic mass is 16.2. The van der Waals surface area contributed by atoms with Crippen LogP contribution in [0.3, 0.4) is 0 Å². The monoisotopic (exact) mass is 318 g/mol. The summed E-state index contributed by atoms with van der Waals surface area (Å²) < 4.78 is 0. The van der Waals surface area contributed by atoms with Gasteiger partial charge in [-0.2, -0.15) is 0 Å². The highest BCUT2D eigenvalue weighted by Gasteiger charge is 2.20. The number of carbonyl (C=O) groups excluding carboxylic acids is 2. The molecule has 0 aliphatic heterocycles.